The Hall–Kier alpha value is -1.32. The van der Waals surface area contributed by atoms with Crippen LogP contribution in [0.2, 0.25) is 0 Å². The fourth-order valence-electron chi connectivity index (χ4n) is 1.60. The van der Waals surface area contributed by atoms with Crippen molar-refractivity contribution in [3.05, 3.63) is 11.6 Å². The molecule has 1 aliphatic carbocycles. The first-order valence-electron chi connectivity index (χ1n) is 5.13. The predicted octanol–water partition coefficient (Wildman–Crippen LogP) is 2.15. The maximum atomic E-state index is 10.7. The van der Waals surface area contributed by atoms with Crippen molar-refractivity contribution in [2.45, 2.75) is 33.6 Å². The number of hydrogen-bond acceptors (Lipinski definition) is 2. The van der Waals surface area contributed by atoms with Crippen LogP contribution in [0.1, 0.15) is 33.6 Å². The lowest BCUT2D eigenvalue weighted by Gasteiger charge is -2.23. The maximum absolute atomic E-state index is 10.7. The Morgan fingerprint density at radius 2 is 1.67 bits per heavy atom. The number of carboxylic acid groups (broad SMARTS) is 2. The van der Waals surface area contributed by atoms with Crippen LogP contribution in [0.5, 0.6) is 0 Å². The summed E-state index contributed by atoms with van der Waals surface area (Å²) in [6.07, 6.45) is 2.49. The molecule has 0 heterocycles. The highest BCUT2D eigenvalue weighted by Gasteiger charge is 2.35. The van der Waals surface area contributed by atoms with Gasteiger partial charge >= 0.3 is 11.9 Å². The molecule has 0 aromatic heterocycles. The van der Waals surface area contributed by atoms with Crippen molar-refractivity contribution in [1.29, 1.82) is 0 Å². The fraction of sp³-hybridized carbons (Fsp3) is 0.636. The van der Waals surface area contributed by atoms with E-state index in [1.165, 1.54) is 0 Å². The first kappa shape index (κ1) is 13.7. The minimum absolute atomic E-state index is 0.331. The van der Waals surface area contributed by atoms with Crippen molar-refractivity contribution < 1.29 is 19.8 Å². The van der Waals surface area contributed by atoms with Crippen molar-refractivity contribution in [1.82, 2.24) is 0 Å². The van der Waals surface area contributed by atoms with Gasteiger partial charge in [0.2, 0.25) is 0 Å². The average molecular weight is 214 g/mol. The van der Waals surface area contributed by atoms with Gasteiger partial charge in [0, 0.05) is 0 Å². The van der Waals surface area contributed by atoms with Gasteiger partial charge in [0.15, 0.2) is 0 Å². The van der Waals surface area contributed by atoms with E-state index in [0.29, 0.717) is 12.8 Å². The molecule has 1 aliphatic rings. The van der Waals surface area contributed by atoms with Crippen LogP contribution in [-0.2, 0) is 9.59 Å². The second kappa shape index (κ2) is 6.22. The van der Waals surface area contributed by atoms with E-state index in [9.17, 15) is 9.59 Å². The zero-order valence-electron chi connectivity index (χ0n) is 9.36. The second-order valence-corrected chi connectivity index (χ2v) is 3.38. The molecule has 0 spiro atoms. The van der Waals surface area contributed by atoms with Crippen molar-refractivity contribution in [3.8, 4) is 0 Å². The SMILES string of the molecule is CC.CC1=CC[C@H](C(=O)O)[C@H](C(=O)O)C1. The molecular formula is C11H18O4. The van der Waals surface area contributed by atoms with E-state index in [1.54, 1.807) is 6.08 Å². The highest BCUT2D eigenvalue weighted by molar-refractivity contribution is 5.80. The summed E-state index contributed by atoms with van der Waals surface area (Å²) in [5.74, 6) is -3.56. The quantitative estimate of drug-likeness (QED) is 0.691. The van der Waals surface area contributed by atoms with Gasteiger partial charge in [-0.2, -0.15) is 0 Å². The van der Waals surface area contributed by atoms with E-state index in [4.69, 9.17) is 10.2 Å². The zero-order chi connectivity index (χ0) is 12.0. The van der Waals surface area contributed by atoms with E-state index in [-0.39, 0.29) is 0 Å². The van der Waals surface area contributed by atoms with Gasteiger partial charge < -0.3 is 10.2 Å². The van der Waals surface area contributed by atoms with Crippen LogP contribution in [0.15, 0.2) is 11.6 Å². The number of carbonyl (C=O) groups is 2. The summed E-state index contributed by atoms with van der Waals surface area (Å²) in [5, 5.41) is 17.5. The van der Waals surface area contributed by atoms with Gasteiger partial charge in [-0.05, 0) is 19.8 Å². The van der Waals surface area contributed by atoms with Gasteiger partial charge in [0.25, 0.3) is 0 Å². The van der Waals surface area contributed by atoms with Gasteiger partial charge in [0.1, 0.15) is 0 Å². The lowest BCUT2D eigenvalue weighted by atomic mass is 9.80. The Bertz CT molecular complexity index is 268. The molecule has 0 aromatic rings. The molecule has 86 valence electrons. The molecule has 4 nitrogen and oxygen atoms in total. The van der Waals surface area contributed by atoms with Gasteiger partial charge in [-0.3, -0.25) is 9.59 Å². The highest BCUT2D eigenvalue weighted by atomic mass is 16.4. The molecule has 0 fully saturated rings. The van der Waals surface area contributed by atoms with Crippen LogP contribution in [0, 0.1) is 11.8 Å². The topological polar surface area (TPSA) is 74.6 Å². The van der Waals surface area contributed by atoms with Gasteiger partial charge in [0.05, 0.1) is 11.8 Å². The summed E-state index contributed by atoms with van der Waals surface area (Å²) in [4.78, 5) is 21.4. The maximum Gasteiger partial charge on any atom is 0.307 e. The van der Waals surface area contributed by atoms with Crippen LogP contribution in [0.4, 0.5) is 0 Å². The Balaban J connectivity index is 0.000000921. The Morgan fingerprint density at radius 1 is 1.20 bits per heavy atom. The second-order valence-electron chi connectivity index (χ2n) is 3.38. The smallest absolute Gasteiger partial charge is 0.307 e. The number of rotatable bonds is 2. The summed E-state index contributed by atoms with van der Waals surface area (Å²) in [6, 6.07) is 0. The summed E-state index contributed by atoms with van der Waals surface area (Å²) in [6.45, 7) is 5.83. The van der Waals surface area contributed by atoms with Crippen molar-refractivity contribution in [2.75, 3.05) is 0 Å². The Kier molecular flexibility index (Phi) is 5.67. The summed E-state index contributed by atoms with van der Waals surface area (Å²) in [7, 11) is 0. The van der Waals surface area contributed by atoms with Gasteiger partial charge in [-0.25, -0.2) is 0 Å². The van der Waals surface area contributed by atoms with E-state index < -0.39 is 23.8 Å². The van der Waals surface area contributed by atoms with Gasteiger partial charge in [-0.15, -0.1) is 0 Å². The molecule has 2 N–H and O–H groups in total. The number of aliphatic carboxylic acids is 2. The number of hydrogen-bond donors (Lipinski definition) is 2. The molecule has 0 amide bonds. The highest BCUT2D eigenvalue weighted by Crippen LogP contribution is 2.29. The number of carboxylic acids is 2. The fourth-order valence-corrected chi connectivity index (χ4v) is 1.60. The average Bonchev–Trinajstić information content (AvgIpc) is 2.20. The van der Waals surface area contributed by atoms with E-state index in [1.807, 2.05) is 20.8 Å². The molecule has 1 rings (SSSR count). The van der Waals surface area contributed by atoms with Gasteiger partial charge in [-0.1, -0.05) is 25.5 Å². The minimum Gasteiger partial charge on any atom is -0.481 e. The zero-order valence-corrected chi connectivity index (χ0v) is 9.36. The van der Waals surface area contributed by atoms with Crippen LogP contribution in [0.25, 0.3) is 0 Å². The summed E-state index contributed by atoms with van der Waals surface area (Å²) < 4.78 is 0. The largest absolute Gasteiger partial charge is 0.481 e. The summed E-state index contributed by atoms with van der Waals surface area (Å²) >= 11 is 0. The van der Waals surface area contributed by atoms with Crippen molar-refractivity contribution >= 4 is 11.9 Å². The van der Waals surface area contributed by atoms with E-state index in [0.717, 1.165) is 5.57 Å². The van der Waals surface area contributed by atoms with E-state index in [2.05, 4.69) is 0 Å². The molecule has 15 heavy (non-hydrogen) atoms. The normalized spacial score (nSPS) is 24.6. The van der Waals surface area contributed by atoms with Crippen molar-refractivity contribution in [3.63, 3.8) is 0 Å². The number of allylic oxidation sites excluding steroid dienone is 2. The van der Waals surface area contributed by atoms with Crippen LogP contribution in [-0.4, -0.2) is 22.2 Å². The molecule has 0 aliphatic heterocycles. The molecule has 0 bridgehead atoms. The van der Waals surface area contributed by atoms with Crippen LogP contribution in [0.3, 0.4) is 0 Å². The van der Waals surface area contributed by atoms with Crippen molar-refractivity contribution in [2.24, 2.45) is 11.8 Å². The molecular weight excluding hydrogens is 196 g/mol. The van der Waals surface area contributed by atoms with Crippen LogP contribution < -0.4 is 0 Å². The third-order valence-corrected chi connectivity index (χ3v) is 2.38. The molecule has 4 heteroatoms. The Labute approximate surface area is 89.6 Å². The standard InChI is InChI=1S/C9H12O4.C2H6/c1-5-2-3-6(8(10)11)7(4-5)9(12)13;1-2/h2,6-7H,3-4H2,1H3,(H,10,11)(H,12,13);1-2H3/t6-,7+;/m0./s1. The van der Waals surface area contributed by atoms with Crippen LogP contribution >= 0.6 is 0 Å². The van der Waals surface area contributed by atoms with E-state index >= 15 is 0 Å². The molecule has 0 unspecified atom stereocenters. The first-order chi connectivity index (χ1) is 7.02. The monoisotopic (exact) mass is 214 g/mol. The lowest BCUT2D eigenvalue weighted by molar-refractivity contribution is -0.153. The molecule has 2 atom stereocenters. The third kappa shape index (κ3) is 3.73. The predicted molar refractivity (Wildman–Crippen MR) is 56.6 cm³/mol. The summed E-state index contributed by atoms with van der Waals surface area (Å²) in [5.41, 5.74) is 0.963. The first-order valence-corrected chi connectivity index (χ1v) is 5.13. The molecule has 0 saturated carbocycles. The molecule has 0 saturated heterocycles. The molecule has 0 aromatic carbocycles. The lowest BCUT2D eigenvalue weighted by Crippen LogP contribution is -2.31. The molecule has 0 radical (unpaired) electrons. The Morgan fingerprint density at radius 3 is 2.07 bits per heavy atom. The third-order valence-electron chi connectivity index (χ3n) is 2.38. The minimum atomic E-state index is -1.02.